The molecule has 0 fully saturated rings. The fourth-order valence-corrected chi connectivity index (χ4v) is 2.74. The number of ether oxygens (including phenoxy) is 2. The Balaban J connectivity index is 1.44. The van der Waals surface area contributed by atoms with Crippen molar-refractivity contribution in [3.05, 3.63) is 59.4 Å². The van der Waals surface area contributed by atoms with Crippen LogP contribution in [0.15, 0.2) is 58.2 Å². The number of carbonyl (C=O) groups is 1. The third-order valence-electron chi connectivity index (χ3n) is 3.32. The van der Waals surface area contributed by atoms with Crippen LogP contribution in [0.1, 0.15) is 5.89 Å². The predicted molar refractivity (Wildman–Crippen MR) is 102 cm³/mol. The van der Waals surface area contributed by atoms with Crippen LogP contribution in [-0.4, -0.2) is 29.0 Å². The highest BCUT2D eigenvalue weighted by Crippen LogP contribution is 2.20. The molecule has 0 unspecified atom stereocenters. The molecule has 0 radical (unpaired) electrons. The second kappa shape index (κ2) is 9.29. The Hall–Kier alpha value is -2.71. The fraction of sp³-hybridized carbons (Fsp3) is 0.167. The number of halogens is 1. The summed E-state index contributed by atoms with van der Waals surface area (Å²) in [6.45, 7) is 0.136. The molecule has 7 nitrogen and oxygen atoms in total. The van der Waals surface area contributed by atoms with Crippen molar-refractivity contribution in [1.82, 2.24) is 10.2 Å². The average molecular weight is 406 g/mol. The second-order valence-electron chi connectivity index (χ2n) is 5.27. The van der Waals surface area contributed by atoms with Crippen LogP contribution in [0, 0.1) is 0 Å². The lowest BCUT2D eigenvalue weighted by Crippen LogP contribution is -2.13. The molecule has 0 aliphatic carbocycles. The minimum atomic E-state index is -0.184. The third-order valence-corrected chi connectivity index (χ3v) is 4.40. The Bertz CT molecular complexity index is 884. The van der Waals surface area contributed by atoms with E-state index >= 15 is 0 Å². The van der Waals surface area contributed by atoms with Gasteiger partial charge in [0.15, 0.2) is 6.61 Å². The largest absolute Gasteiger partial charge is 0.497 e. The number of anilines is 1. The van der Waals surface area contributed by atoms with Gasteiger partial charge in [0, 0.05) is 10.7 Å². The molecule has 0 aliphatic rings. The van der Waals surface area contributed by atoms with Crippen molar-refractivity contribution < 1.29 is 18.7 Å². The number of nitrogens with zero attached hydrogens (tertiary/aromatic N) is 2. The first kappa shape index (κ1) is 19.1. The van der Waals surface area contributed by atoms with Gasteiger partial charge in [0.1, 0.15) is 11.5 Å². The standard InChI is InChI=1S/C18H16ClN3O4S/c1-24-14-6-8-15(9-7-14)25-10-17-21-22-18(26-17)27-11-16(23)20-13-4-2-12(19)3-5-13/h2-9H,10-11H2,1H3,(H,20,23). The molecule has 0 saturated carbocycles. The van der Waals surface area contributed by atoms with Gasteiger partial charge in [0.2, 0.25) is 5.91 Å². The number of carbonyl (C=O) groups excluding carboxylic acids is 1. The second-order valence-corrected chi connectivity index (χ2v) is 6.63. The lowest BCUT2D eigenvalue weighted by molar-refractivity contribution is -0.113. The third kappa shape index (κ3) is 5.90. The maximum absolute atomic E-state index is 12.0. The van der Waals surface area contributed by atoms with Gasteiger partial charge < -0.3 is 19.2 Å². The van der Waals surface area contributed by atoms with Crippen LogP contribution in [0.3, 0.4) is 0 Å². The molecule has 9 heteroatoms. The van der Waals surface area contributed by atoms with E-state index in [-0.39, 0.29) is 18.3 Å². The zero-order valence-corrected chi connectivity index (χ0v) is 15.9. The molecule has 1 N–H and O–H groups in total. The SMILES string of the molecule is COc1ccc(OCc2nnc(SCC(=O)Nc3ccc(Cl)cc3)o2)cc1. The lowest BCUT2D eigenvalue weighted by Gasteiger charge is -2.04. The van der Waals surface area contributed by atoms with Crippen molar-refractivity contribution in [3.8, 4) is 11.5 Å². The molecule has 27 heavy (non-hydrogen) atoms. The molecule has 1 heterocycles. The molecule has 0 spiro atoms. The van der Waals surface area contributed by atoms with Crippen LogP contribution in [0.25, 0.3) is 0 Å². The summed E-state index contributed by atoms with van der Waals surface area (Å²) in [6.07, 6.45) is 0. The van der Waals surface area contributed by atoms with Crippen LogP contribution in [0.4, 0.5) is 5.69 Å². The predicted octanol–water partition coefficient (Wildman–Crippen LogP) is 4.04. The number of hydrogen-bond donors (Lipinski definition) is 1. The number of amides is 1. The van der Waals surface area contributed by atoms with Gasteiger partial charge in [-0.1, -0.05) is 23.4 Å². The summed E-state index contributed by atoms with van der Waals surface area (Å²) in [4.78, 5) is 12.0. The molecule has 1 aromatic heterocycles. The van der Waals surface area contributed by atoms with Crippen molar-refractivity contribution in [2.75, 3.05) is 18.2 Å². The Morgan fingerprint density at radius 3 is 2.52 bits per heavy atom. The van der Waals surface area contributed by atoms with Crippen molar-refractivity contribution in [2.45, 2.75) is 11.8 Å². The lowest BCUT2D eigenvalue weighted by atomic mass is 10.3. The molecule has 140 valence electrons. The van der Waals surface area contributed by atoms with E-state index in [9.17, 15) is 4.79 Å². The monoisotopic (exact) mass is 405 g/mol. The molecular weight excluding hydrogens is 390 g/mol. The summed E-state index contributed by atoms with van der Waals surface area (Å²) in [5.74, 6) is 1.69. The van der Waals surface area contributed by atoms with Crippen LogP contribution in [-0.2, 0) is 11.4 Å². The van der Waals surface area contributed by atoms with Gasteiger partial charge in [0.25, 0.3) is 11.1 Å². The van der Waals surface area contributed by atoms with E-state index in [4.69, 9.17) is 25.5 Å². The highest BCUT2D eigenvalue weighted by Gasteiger charge is 2.10. The molecule has 0 bridgehead atoms. The minimum Gasteiger partial charge on any atom is -0.497 e. The smallest absolute Gasteiger partial charge is 0.277 e. The summed E-state index contributed by atoms with van der Waals surface area (Å²) < 4.78 is 16.1. The molecule has 3 rings (SSSR count). The maximum Gasteiger partial charge on any atom is 0.277 e. The summed E-state index contributed by atoms with van der Waals surface area (Å²) in [5.41, 5.74) is 0.670. The fourth-order valence-electron chi connectivity index (χ4n) is 2.03. The van der Waals surface area contributed by atoms with Gasteiger partial charge in [-0.2, -0.15) is 0 Å². The van der Waals surface area contributed by atoms with Crippen molar-refractivity contribution >= 4 is 35.0 Å². The summed E-state index contributed by atoms with van der Waals surface area (Å²) >= 11 is 6.96. The number of methoxy groups -OCH3 is 1. The number of benzene rings is 2. The van der Waals surface area contributed by atoms with Crippen molar-refractivity contribution in [2.24, 2.45) is 0 Å². The molecule has 0 saturated heterocycles. The first-order valence-electron chi connectivity index (χ1n) is 7.90. The van der Waals surface area contributed by atoms with E-state index in [1.807, 2.05) is 0 Å². The van der Waals surface area contributed by atoms with Crippen LogP contribution < -0.4 is 14.8 Å². The van der Waals surface area contributed by atoms with Gasteiger partial charge in [-0.25, -0.2) is 0 Å². The van der Waals surface area contributed by atoms with E-state index in [2.05, 4.69) is 15.5 Å². The number of hydrogen-bond acceptors (Lipinski definition) is 7. The van der Waals surface area contributed by atoms with E-state index < -0.39 is 0 Å². The Morgan fingerprint density at radius 1 is 1.11 bits per heavy atom. The highest BCUT2D eigenvalue weighted by molar-refractivity contribution is 7.99. The molecule has 0 aliphatic heterocycles. The molecule has 3 aromatic rings. The topological polar surface area (TPSA) is 86.5 Å². The minimum absolute atomic E-state index is 0.136. The Morgan fingerprint density at radius 2 is 1.81 bits per heavy atom. The molecule has 0 atom stereocenters. The zero-order valence-electron chi connectivity index (χ0n) is 14.3. The molecule has 2 aromatic carbocycles. The van der Waals surface area contributed by atoms with Crippen LogP contribution in [0.2, 0.25) is 5.02 Å². The van der Waals surface area contributed by atoms with Crippen LogP contribution >= 0.6 is 23.4 Å². The van der Waals surface area contributed by atoms with Crippen molar-refractivity contribution in [3.63, 3.8) is 0 Å². The van der Waals surface area contributed by atoms with Gasteiger partial charge in [-0.05, 0) is 48.5 Å². The van der Waals surface area contributed by atoms with E-state index in [0.717, 1.165) is 17.5 Å². The number of rotatable bonds is 8. The van der Waals surface area contributed by atoms with Gasteiger partial charge in [0.05, 0.1) is 12.9 Å². The zero-order chi connectivity index (χ0) is 19.1. The first-order chi connectivity index (χ1) is 13.1. The summed E-state index contributed by atoms with van der Waals surface area (Å²) in [6, 6.07) is 14.0. The average Bonchev–Trinajstić information content (AvgIpc) is 3.15. The van der Waals surface area contributed by atoms with Crippen molar-refractivity contribution in [1.29, 1.82) is 0 Å². The normalized spacial score (nSPS) is 10.4. The first-order valence-corrected chi connectivity index (χ1v) is 9.26. The van der Waals surface area contributed by atoms with Gasteiger partial charge in [-0.15, -0.1) is 10.2 Å². The summed E-state index contributed by atoms with van der Waals surface area (Å²) in [7, 11) is 1.60. The number of nitrogens with one attached hydrogen (secondary N) is 1. The van der Waals surface area contributed by atoms with E-state index in [0.29, 0.717) is 27.6 Å². The van der Waals surface area contributed by atoms with Gasteiger partial charge >= 0.3 is 0 Å². The Labute approximate surface area is 165 Å². The maximum atomic E-state index is 12.0. The summed E-state index contributed by atoms with van der Waals surface area (Å²) in [5, 5.41) is 11.5. The number of aromatic nitrogens is 2. The molecule has 1 amide bonds. The molecular formula is C18H16ClN3O4S. The van der Waals surface area contributed by atoms with E-state index in [1.165, 1.54) is 0 Å². The number of thioether (sulfide) groups is 1. The Kier molecular flexibility index (Phi) is 6.56. The van der Waals surface area contributed by atoms with Gasteiger partial charge in [-0.3, -0.25) is 4.79 Å². The van der Waals surface area contributed by atoms with Crippen LogP contribution in [0.5, 0.6) is 11.5 Å². The van der Waals surface area contributed by atoms with E-state index in [1.54, 1.807) is 55.6 Å². The highest BCUT2D eigenvalue weighted by atomic mass is 35.5. The quantitative estimate of drug-likeness (QED) is 0.566.